The molecule has 234 valence electrons. The van der Waals surface area contributed by atoms with Crippen LogP contribution < -0.4 is 25.2 Å². The number of carbonyl (C=O) groups is 3. The Morgan fingerprint density at radius 2 is 1.76 bits per heavy atom. The standard InChI is InChI=1S/C34H37N5O6/c1-44-27-13-12-24-30(31(27)45-2)34(43)39-26-8-4-3-7-23(26)33(42)37(32(24)39)15-6-10-28(40)35-14-16-36-18-21-17-22(20-36)25-9-5-11-29(41)38(25)19-21/h3-5,7-9,11-13,21-22,32H,6,10,14-20H2,1-2H3,(H,35,40)/t21-,22+,32-/m1/s1. The quantitative estimate of drug-likeness (QED) is 0.396. The van der Waals surface area contributed by atoms with Crippen molar-refractivity contribution >= 4 is 23.4 Å². The minimum Gasteiger partial charge on any atom is -0.493 e. The topological polar surface area (TPSA) is 113 Å². The number of carbonyl (C=O) groups excluding carboxylic acids is 3. The molecule has 5 heterocycles. The summed E-state index contributed by atoms with van der Waals surface area (Å²) in [6.07, 6.45) is 1.16. The fourth-order valence-electron chi connectivity index (χ4n) is 7.68. The molecule has 2 bridgehead atoms. The lowest BCUT2D eigenvalue weighted by molar-refractivity contribution is -0.121. The van der Waals surface area contributed by atoms with Crippen LogP contribution in [0.25, 0.3) is 0 Å². The van der Waals surface area contributed by atoms with Crippen LogP contribution in [-0.2, 0) is 11.3 Å². The highest BCUT2D eigenvalue weighted by atomic mass is 16.5. The third kappa shape index (κ3) is 4.95. The van der Waals surface area contributed by atoms with Crippen molar-refractivity contribution in [3.05, 3.63) is 87.3 Å². The highest BCUT2D eigenvalue weighted by Crippen LogP contribution is 2.49. The number of methoxy groups -OCH3 is 2. The van der Waals surface area contributed by atoms with Gasteiger partial charge in [-0.15, -0.1) is 0 Å². The van der Waals surface area contributed by atoms with Gasteiger partial charge in [-0.25, -0.2) is 0 Å². The number of piperidine rings is 1. The number of hydrogen-bond acceptors (Lipinski definition) is 7. The zero-order valence-electron chi connectivity index (χ0n) is 25.5. The van der Waals surface area contributed by atoms with E-state index in [1.165, 1.54) is 14.2 Å². The molecule has 11 heteroatoms. The third-order valence-electron chi connectivity index (χ3n) is 9.59. The van der Waals surface area contributed by atoms with E-state index in [2.05, 4.69) is 16.3 Å². The molecule has 1 aromatic heterocycles. The number of pyridine rings is 1. The Bertz CT molecular complexity index is 1740. The Hall–Kier alpha value is -4.64. The van der Waals surface area contributed by atoms with Gasteiger partial charge in [0, 0.05) is 68.9 Å². The van der Waals surface area contributed by atoms with Gasteiger partial charge in [0.15, 0.2) is 11.5 Å². The number of benzene rings is 2. The molecule has 4 aliphatic heterocycles. The summed E-state index contributed by atoms with van der Waals surface area (Å²) < 4.78 is 13.0. The van der Waals surface area contributed by atoms with Crippen LogP contribution in [0.3, 0.4) is 0 Å². The normalized spacial score (nSPS) is 21.5. The molecule has 45 heavy (non-hydrogen) atoms. The zero-order chi connectivity index (χ0) is 31.2. The lowest BCUT2D eigenvalue weighted by Gasteiger charge is -2.42. The molecular weight excluding hydrogens is 574 g/mol. The van der Waals surface area contributed by atoms with E-state index in [1.807, 2.05) is 22.8 Å². The molecule has 3 amide bonds. The number of amides is 3. The molecule has 0 unspecified atom stereocenters. The summed E-state index contributed by atoms with van der Waals surface area (Å²) in [4.78, 5) is 58.5. The third-order valence-corrected chi connectivity index (χ3v) is 9.59. The van der Waals surface area contributed by atoms with E-state index in [9.17, 15) is 19.2 Å². The van der Waals surface area contributed by atoms with Gasteiger partial charge in [-0.3, -0.25) is 24.1 Å². The van der Waals surface area contributed by atoms with E-state index in [0.717, 1.165) is 38.3 Å². The van der Waals surface area contributed by atoms with Crippen LogP contribution in [0.1, 0.15) is 63.3 Å². The predicted octanol–water partition coefficient (Wildman–Crippen LogP) is 3.00. The fourth-order valence-corrected chi connectivity index (χ4v) is 7.68. The highest BCUT2D eigenvalue weighted by molar-refractivity contribution is 6.18. The second-order valence-electron chi connectivity index (χ2n) is 12.2. The predicted molar refractivity (Wildman–Crippen MR) is 167 cm³/mol. The Kier molecular flexibility index (Phi) is 7.56. The molecule has 11 nitrogen and oxygen atoms in total. The summed E-state index contributed by atoms with van der Waals surface area (Å²) in [5, 5.41) is 3.05. The minimum atomic E-state index is -0.641. The van der Waals surface area contributed by atoms with Crippen molar-refractivity contribution in [2.75, 3.05) is 51.8 Å². The minimum absolute atomic E-state index is 0.0693. The van der Waals surface area contributed by atoms with E-state index < -0.39 is 6.17 Å². The van der Waals surface area contributed by atoms with Crippen LogP contribution in [0.2, 0.25) is 0 Å². The van der Waals surface area contributed by atoms with Crippen molar-refractivity contribution in [1.29, 1.82) is 0 Å². The van der Waals surface area contributed by atoms with Gasteiger partial charge in [0.2, 0.25) is 5.91 Å². The number of aromatic nitrogens is 1. The van der Waals surface area contributed by atoms with E-state index in [-0.39, 0.29) is 29.7 Å². The summed E-state index contributed by atoms with van der Waals surface area (Å²) >= 11 is 0. The highest BCUT2D eigenvalue weighted by Gasteiger charge is 2.49. The van der Waals surface area contributed by atoms with Crippen LogP contribution in [0.4, 0.5) is 5.69 Å². The van der Waals surface area contributed by atoms with Crippen LogP contribution in [0.15, 0.2) is 59.4 Å². The van der Waals surface area contributed by atoms with Gasteiger partial charge < -0.3 is 29.2 Å². The number of ether oxygens (including phenoxy) is 2. The maximum atomic E-state index is 13.8. The smallest absolute Gasteiger partial charge is 0.264 e. The van der Waals surface area contributed by atoms with Crippen LogP contribution in [-0.4, -0.2) is 79.0 Å². The first-order chi connectivity index (χ1) is 21.9. The van der Waals surface area contributed by atoms with E-state index in [4.69, 9.17) is 9.47 Å². The van der Waals surface area contributed by atoms with Gasteiger partial charge >= 0.3 is 0 Å². The fraction of sp³-hybridized carbons (Fsp3) is 0.412. The lowest BCUT2D eigenvalue weighted by atomic mass is 9.83. The van der Waals surface area contributed by atoms with Gasteiger partial charge in [-0.2, -0.15) is 0 Å². The molecule has 1 N–H and O–H groups in total. The Balaban J connectivity index is 0.990. The van der Waals surface area contributed by atoms with Gasteiger partial charge in [0.05, 0.1) is 31.0 Å². The summed E-state index contributed by atoms with van der Waals surface area (Å²) in [5.41, 5.74) is 3.25. The molecule has 0 radical (unpaired) electrons. The molecule has 0 spiro atoms. The first-order valence-corrected chi connectivity index (χ1v) is 15.6. The monoisotopic (exact) mass is 611 g/mol. The number of hydrogen-bond donors (Lipinski definition) is 1. The Morgan fingerprint density at radius 1 is 0.911 bits per heavy atom. The first kappa shape index (κ1) is 29.1. The molecule has 3 atom stereocenters. The molecule has 4 aliphatic rings. The summed E-state index contributed by atoms with van der Waals surface area (Å²) in [6, 6.07) is 16.2. The zero-order valence-corrected chi connectivity index (χ0v) is 25.5. The number of nitrogens with one attached hydrogen (secondary N) is 1. The molecule has 7 rings (SSSR count). The number of nitrogens with zero attached hydrogens (tertiary/aromatic N) is 4. The Morgan fingerprint density at radius 3 is 2.58 bits per heavy atom. The molecular formula is C34H37N5O6. The average Bonchev–Trinajstić information content (AvgIpc) is 3.34. The molecule has 1 saturated heterocycles. The maximum absolute atomic E-state index is 13.8. The van der Waals surface area contributed by atoms with Crippen LogP contribution in [0, 0.1) is 5.92 Å². The average molecular weight is 612 g/mol. The Labute approximate surface area is 261 Å². The van der Waals surface area contributed by atoms with Crippen molar-refractivity contribution in [1.82, 2.24) is 19.7 Å². The van der Waals surface area contributed by atoms with Gasteiger partial charge in [-0.1, -0.05) is 24.3 Å². The van der Waals surface area contributed by atoms with Crippen molar-refractivity contribution in [3.8, 4) is 11.5 Å². The van der Waals surface area contributed by atoms with E-state index in [0.29, 0.717) is 65.2 Å². The molecule has 0 aliphatic carbocycles. The number of likely N-dealkylation sites (tertiary alicyclic amines) is 1. The summed E-state index contributed by atoms with van der Waals surface area (Å²) in [6.45, 7) is 4.14. The maximum Gasteiger partial charge on any atom is 0.264 e. The SMILES string of the molecule is COc1ccc2c(c1OC)C(=O)N1c3ccccc3C(=O)N(CCCC(=O)NCCN3C[C@H]4C[C@@H](C3)c3cccc(=O)n3C4)[C@@H]21. The lowest BCUT2D eigenvalue weighted by Crippen LogP contribution is -2.49. The van der Waals surface area contributed by atoms with Gasteiger partial charge in [-0.05, 0) is 43.0 Å². The van der Waals surface area contributed by atoms with E-state index in [1.54, 1.807) is 40.1 Å². The van der Waals surface area contributed by atoms with E-state index >= 15 is 0 Å². The molecule has 3 aromatic rings. The van der Waals surface area contributed by atoms with Crippen molar-refractivity contribution < 1.29 is 23.9 Å². The second-order valence-corrected chi connectivity index (χ2v) is 12.2. The number of para-hydroxylation sites is 1. The summed E-state index contributed by atoms with van der Waals surface area (Å²) in [7, 11) is 3.02. The van der Waals surface area contributed by atoms with Gasteiger partial charge in [0.1, 0.15) is 6.17 Å². The van der Waals surface area contributed by atoms with Crippen LogP contribution >= 0.6 is 0 Å². The number of anilines is 1. The molecule has 0 saturated carbocycles. The molecule has 2 aromatic carbocycles. The largest absolute Gasteiger partial charge is 0.493 e. The van der Waals surface area contributed by atoms with Crippen molar-refractivity contribution in [2.24, 2.45) is 5.92 Å². The molecule has 1 fully saturated rings. The van der Waals surface area contributed by atoms with Gasteiger partial charge in [0.25, 0.3) is 17.4 Å². The first-order valence-electron chi connectivity index (χ1n) is 15.6. The van der Waals surface area contributed by atoms with Crippen molar-refractivity contribution in [3.63, 3.8) is 0 Å². The summed E-state index contributed by atoms with van der Waals surface area (Å²) in [5.74, 6) is 1.05. The number of rotatable bonds is 9. The van der Waals surface area contributed by atoms with Crippen LogP contribution in [0.5, 0.6) is 11.5 Å². The second kappa shape index (κ2) is 11.7. The van der Waals surface area contributed by atoms with Crippen molar-refractivity contribution in [2.45, 2.75) is 37.9 Å². The number of fused-ring (bicyclic) bond motifs is 9.